The topological polar surface area (TPSA) is 32.3 Å². The minimum Gasteiger partial charge on any atom is -0.509 e. The predicted octanol–water partition coefficient (Wildman–Crippen LogP) is 1.57. The van der Waals surface area contributed by atoms with Crippen LogP contribution in [0.15, 0.2) is 24.1 Å². The van der Waals surface area contributed by atoms with Crippen LogP contribution in [0.25, 0.3) is 0 Å². The highest BCUT2D eigenvalue weighted by molar-refractivity contribution is 5.11. The fourth-order valence-corrected chi connectivity index (χ4v) is 0.580. The van der Waals surface area contributed by atoms with Crippen LogP contribution >= 0.6 is 0 Å². The van der Waals surface area contributed by atoms with Crippen LogP contribution in [0.4, 0.5) is 0 Å². The molecule has 0 amide bonds. The van der Waals surface area contributed by atoms with Crippen LogP contribution < -0.4 is 5.32 Å². The van der Waals surface area contributed by atoms with Gasteiger partial charge in [0.2, 0.25) is 0 Å². The number of rotatable bonds is 3. The van der Waals surface area contributed by atoms with Gasteiger partial charge in [-0.15, -0.1) is 0 Å². The van der Waals surface area contributed by atoms with Gasteiger partial charge in [-0.1, -0.05) is 6.58 Å². The molecule has 0 aliphatic carbocycles. The third-order valence-electron chi connectivity index (χ3n) is 0.839. The third-order valence-corrected chi connectivity index (χ3v) is 0.839. The summed E-state index contributed by atoms with van der Waals surface area (Å²) < 4.78 is 0. The molecule has 0 bridgehead atoms. The van der Waals surface area contributed by atoms with Crippen molar-refractivity contribution in [1.82, 2.24) is 5.32 Å². The fourth-order valence-electron chi connectivity index (χ4n) is 0.580. The molecule has 2 nitrogen and oxygen atoms in total. The van der Waals surface area contributed by atoms with E-state index in [0.717, 1.165) is 12.2 Å². The van der Waals surface area contributed by atoms with E-state index in [1.165, 1.54) is 0 Å². The molecule has 0 unspecified atom stereocenters. The van der Waals surface area contributed by atoms with E-state index in [1.54, 1.807) is 6.08 Å². The van der Waals surface area contributed by atoms with E-state index in [4.69, 9.17) is 5.11 Å². The van der Waals surface area contributed by atoms with Crippen LogP contribution in [0.3, 0.4) is 0 Å². The van der Waals surface area contributed by atoms with E-state index >= 15 is 0 Å². The molecule has 0 aliphatic rings. The van der Waals surface area contributed by atoms with E-state index in [-0.39, 0.29) is 5.76 Å². The summed E-state index contributed by atoms with van der Waals surface area (Å²) in [5.41, 5.74) is 0.935. The molecule has 0 atom stereocenters. The number of aliphatic hydroxyl groups is 1. The Morgan fingerprint density at radius 2 is 2.33 bits per heavy atom. The number of aliphatic hydroxyl groups excluding tert-OH is 1. The largest absolute Gasteiger partial charge is 0.509 e. The van der Waals surface area contributed by atoms with Gasteiger partial charge in [0.1, 0.15) is 5.76 Å². The second kappa shape index (κ2) is 4.01. The molecular weight excluding hydrogens is 114 g/mol. The summed E-state index contributed by atoms with van der Waals surface area (Å²) in [6.07, 6.45) is 1.59. The Kier molecular flexibility index (Phi) is 3.60. The maximum absolute atomic E-state index is 8.64. The van der Waals surface area contributed by atoms with Crippen molar-refractivity contribution < 1.29 is 5.11 Å². The van der Waals surface area contributed by atoms with E-state index < -0.39 is 0 Å². The molecule has 0 spiro atoms. The summed E-state index contributed by atoms with van der Waals surface area (Å²) in [5, 5.41) is 11.7. The van der Waals surface area contributed by atoms with Crippen molar-refractivity contribution in [3.05, 3.63) is 24.1 Å². The Bertz CT molecular complexity index is 127. The molecule has 2 heteroatoms. The van der Waals surface area contributed by atoms with Crippen molar-refractivity contribution in [3.8, 4) is 0 Å². The standard InChI is InChI=1S/C7H13NO/c1-4-8-6(2)5-7(3)9/h5,8-9H,3-4H2,1-2H3/b6-5+. The maximum Gasteiger partial charge on any atom is 0.110 e. The molecule has 0 aliphatic heterocycles. The number of hydrogen-bond donors (Lipinski definition) is 2. The van der Waals surface area contributed by atoms with E-state index in [2.05, 4.69) is 11.9 Å². The van der Waals surface area contributed by atoms with Crippen molar-refractivity contribution in [2.24, 2.45) is 0 Å². The van der Waals surface area contributed by atoms with Gasteiger partial charge in [0, 0.05) is 12.2 Å². The van der Waals surface area contributed by atoms with E-state index in [0.29, 0.717) is 0 Å². The lowest BCUT2D eigenvalue weighted by molar-refractivity contribution is 0.434. The van der Waals surface area contributed by atoms with Gasteiger partial charge in [0.15, 0.2) is 0 Å². The molecule has 0 rings (SSSR count). The van der Waals surface area contributed by atoms with Crippen molar-refractivity contribution in [2.75, 3.05) is 6.54 Å². The molecular formula is C7H13NO. The molecule has 0 heterocycles. The summed E-state index contributed by atoms with van der Waals surface area (Å²) in [7, 11) is 0. The zero-order valence-electron chi connectivity index (χ0n) is 5.94. The number of allylic oxidation sites excluding steroid dienone is 2. The van der Waals surface area contributed by atoms with Crippen molar-refractivity contribution in [3.63, 3.8) is 0 Å². The number of nitrogens with one attached hydrogen (secondary N) is 1. The molecule has 0 aromatic rings. The van der Waals surface area contributed by atoms with E-state index in [1.807, 2.05) is 13.8 Å². The second-order valence-corrected chi connectivity index (χ2v) is 1.85. The predicted molar refractivity (Wildman–Crippen MR) is 39.2 cm³/mol. The first kappa shape index (κ1) is 8.08. The molecule has 9 heavy (non-hydrogen) atoms. The van der Waals surface area contributed by atoms with Crippen molar-refractivity contribution >= 4 is 0 Å². The molecule has 0 saturated heterocycles. The summed E-state index contributed by atoms with van der Waals surface area (Å²) in [6, 6.07) is 0. The highest BCUT2D eigenvalue weighted by Gasteiger charge is 1.83. The molecule has 52 valence electrons. The normalized spacial score (nSPS) is 11.1. The lowest BCUT2D eigenvalue weighted by Crippen LogP contribution is -2.09. The van der Waals surface area contributed by atoms with Crippen LogP contribution in [0.2, 0.25) is 0 Å². The highest BCUT2D eigenvalue weighted by atomic mass is 16.3. The Balaban J connectivity index is 3.69. The lowest BCUT2D eigenvalue weighted by Gasteiger charge is -2.00. The van der Waals surface area contributed by atoms with Crippen molar-refractivity contribution in [2.45, 2.75) is 13.8 Å². The van der Waals surface area contributed by atoms with E-state index in [9.17, 15) is 0 Å². The lowest BCUT2D eigenvalue weighted by atomic mass is 10.4. The molecule has 0 fully saturated rings. The van der Waals surface area contributed by atoms with Crippen LogP contribution in [0.1, 0.15) is 13.8 Å². The Morgan fingerprint density at radius 3 is 2.67 bits per heavy atom. The Labute approximate surface area is 55.9 Å². The monoisotopic (exact) mass is 127 g/mol. The van der Waals surface area contributed by atoms with Crippen LogP contribution in [0.5, 0.6) is 0 Å². The molecule has 0 aromatic heterocycles. The third kappa shape index (κ3) is 4.94. The van der Waals surface area contributed by atoms with Crippen LogP contribution in [0, 0.1) is 0 Å². The second-order valence-electron chi connectivity index (χ2n) is 1.85. The van der Waals surface area contributed by atoms with Gasteiger partial charge in [-0.05, 0) is 19.9 Å². The summed E-state index contributed by atoms with van der Waals surface area (Å²) in [5.74, 6) is 0.0912. The number of hydrogen-bond acceptors (Lipinski definition) is 2. The van der Waals surface area contributed by atoms with Gasteiger partial charge in [-0.2, -0.15) is 0 Å². The molecule has 0 aromatic carbocycles. The molecule has 0 radical (unpaired) electrons. The van der Waals surface area contributed by atoms with Gasteiger partial charge >= 0.3 is 0 Å². The summed E-state index contributed by atoms with van der Waals surface area (Å²) >= 11 is 0. The zero-order chi connectivity index (χ0) is 7.28. The average Bonchev–Trinajstić information content (AvgIpc) is 1.63. The smallest absolute Gasteiger partial charge is 0.110 e. The van der Waals surface area contributed by atoms with Gasteiger partial charge in [0.25, 0.3) is 0 Å². The quantitative estimate of drug-likeness (QED) is 0.445. The van der Waals surface area contributed by atoms with Crippen LogP contribution in [-0.4, -0.2) is 11.7 Å². The van der Waals surface area contributed by atoms with Crippen molar-refractivity contribution in [1.29, 1.82) is 0 Å². The van der Waals surface area contributed by atoms with Gasteiger partial charge < -0.3 is 10.4 Å². The first-order chi connectivity index (χ1) is 4.16. The molecule has 2 N–H and O–H groups in total. The summed E-state index contributed by atoms with van der Waals surface area (Å²) in [4.78, 5) is 0. The minimum absolute atomic E-state index is 0.0912. The fraction of sp³-hybridized carbons (Fsp3) is 0.429. The maximum atomic E-state index is 8.64. The highest BCUT2D eigenvalue weighted by Crippen LogP contribution is 1.91. The Hall–Kier alpha value is -0.920. The van der Waals surface area contributed by atoms with Gasteiger partial charge in [0.05, 0.1) is 0 Å². The molecule has 0 saturated carbocycles. The SMILES string of the molecule is C=C(O)/C=C(\C)NCC. The van der Waals surface area contributed by atoms with Gasteiger partial charge in [-0.3, -0.25) is 0 Å². The van der Waals surface area contributed by atoms with Gasteiger partial charge in [-0.25, -0.2) is 0 Å². The minimum atomic E-state index is 0.0912. The Morgan fingerprint density at radius 1 is 1.78 bits per heavy atom. The summed E-state index contributed by atoms with van der Waals surface area (Å²) in [6.45, 7) is 8.06. The van der Waals surface area contributed by atoms with Crippen LogP contribution in [-0.2, 0) is 0 Å². The first-order valence-electron chi connectivity index (χ1n) is 2.97. The average molecular weight is 127 g/mol. The first-order valence-corrected chi connectivity index (χ1v) is 2.97. The zero-order valence-corrected chi connectivity index (χ0v) is 5.94.